The van der Waals surface area contributed by atoms with Crippen molar-refractivity contribution < 1.29 is 9.53 Å². The summed E-state index contributed by atoms with van der Waals surface area (Å²) in [4.78, 5) is 12.7. The van der Waals surface area contributed by atoms with E-state index in [1.165, 1.54) is 19.3 Å². The van der Waals surface area contributed by atoms with Gasteiger partial charge in [0.15, 0.2) is 0 Å². The second-order valence-corrected chi connectivity index (χ2v) is 7.54. The van der Waals surface area contributed by atoms with Gasteiger partial charge in [-0.15, -0.1) is 0 Å². The minimum Gasteiger partial charge on any atom is -0.376 e. The highest BCUT2D eigenvalue weighted by Crippen LogP contribution is 2.60. The fraction of sp³-hybridized carbons (Fsp3) is 0.938. The molecule has 0 spiro atoms. The predicted octanol–water partition coefficient (Wildman–Crippen LogP) is 2.50. The molecule has 1 atom stereocenters. The third kappa shape index (κ3) is 2.10. The minimum absolute atomic E-state index is 0.00730. The molecule has 0 unspecified atom stereocenters. The normalized spacial score (nSPS) is 47.6. The van der Waals surface area contributed by atoms with Crippen molar-refractivity contribution in [2.75, 3.05) is 13.2 Å². The Morgan fingerprint density at radius 1 is 1.11 bits per heavy atom. The highest BCUT2D eigenvalue weighted by molar-refractivity contribution is 5.83. The largest absolute Gasteiger partial charge is 0.376 e. The van der Waals surface area contributed by atoms with Crippen molar-refractivity contribution >= 4 is 5.91 Å². The highest BCUT2D eigenvalue weighted by atomic mass is 16.5. The van der Waals surface area contributed by atoms with Crippen molar-refractivity contribution in [1.82, 2.24) is 5.32 Å². The zero-order valence-electron chi connectivity index (χ0n) is 11.7. The van der Waals surface area contributed by atoms with Gasteiger partial charge in [-0.05, 0) is 69.1 Å². The van der Waals surface area contributed by atoms with Crippen molar-refractivity contribution in [3.05, 3.63) is 0 Å². The van der Waals surface area contributed by atoms with Crippen molar-refractivity contribution in [2.45, 2.75) is 57.5 Å². The molecule has 4 bridgehead atoms. The third-order valence-corrected chi connectivity index (χ3v) is 6.03. The fourth-order valence-electron chi connectivity index (χ4n) is 5.59. The Kier molecular flexibility index (Phi) is 2.87. The number of nitrogens with one attached hydrogen (secondary N) is 1. The van der Waals surface area contributed by atoms with Crippen LogP contribution in [0.25, 0.3) is 0 Å². The van der Waals surface area contributed by atoms with Crippen molar-refractivity contribution in [3.8, 4) is 0 Å². The Bertz CT molecular complexity index is 338. The van der Waals surface area contributed by atoms with Crippen molar-refractivity contribution in [1.29, 1.82) is 0 Å². The Balaban J connectivity index is 1.41. The Morgan fingerprint density at radius 3 is 2.26 bits per heavy atom. The van der Waals surface area contributed by atoms with E-state index >= 15 is 0 Å². The summed E-state index contributed by atoms with van der Waals surface area (Å²) in [5.74, 6) is 2.89. The van der Waals surface area contributed by atoms with E-state index in [1.54, 1.807) is 0 Å². The summed E-state index contributed by atoms with van der Waals surface area (Å²) in [7, 11) is 0. The van der Waals surface area contributed by atoms with Gasteiger partial charge in [-0.25, -0.2) is 0 Å². The lowest BCUT2D eigenvalue weighted by Gasteiger charge is -2.55. The van der Waals surface area contributed by atoms with Crippen LogP contribution >= 0.6 is 0 Å². The molecule has 0 aromatic heterocycles. The topological polar surface area (TPSA) is 38.3 Å². The van der Waals surface area contributed by atoms with Gasteiger partial charge in [0.2, 0.25) is 5.91 Å². The molecule has 0 radical (unpaired) electrons. The summed E-state index contributed by atoms with van der Waals surface area (Å²) in [5.41, 5.74) is 0.00730. The summed E-state index contributed by atoms with van der Waals surface area (Å²) in [5, 5.41) is 3.22. The second-order valence-electron chi connectivity index (χ2n) is 7.54. The van der Waals surface area contributed by atoms with Gasteiger partial charge in [0.05, 0.1) is 6.10 Å². The number of ether oxygens (including phenoxy) is 1. The number of carbonyl (C=O) groups excluding carboxylic acids is 1. The fourth-order valence-corrected chi connectivity index (χ4v) is 5.59. The van der Waals surface area contributed by atoms with Gasteiger partial charge in [-0.2, -0.15) is 0 Å². The maximum Gasteiger partial charge on any atom is 0.226 e. The van der Waals surface area contributed by atoms with Crippen molar-refractivity contribution in [3.63, 3.8) is 0 Å². The monoisotopic (exact) mass is 263 g/mol. The molecule has 0 aromatic carbocycles. The smallest absolute Gasteiger partial charge is 0.226 e. The average molecular weight is 263 g/mol. The summed E-state index contributed by atoms with van der Waals surface area (Å²) in [6.07, 6.45) is 10.2. The van der Waals surface area contributed by atoms with Crippen LogP contribution in [0.2, 0.25) is 0 Å². The van der Waals surface area contributed by atoms with E-state index in [4.69, 9.17) is 4.74 Å². The predicted molar refractivity (Wildman–Crippen MR) is 72.6 cm³/mol. The number of rotatable bonds is 3. The first-order valence-corrected chi connectivity index (χ1v) is 8.13. The molecule has 0 aromatic rings. The van der Waals surface area contributed by atoms with Gasteiger partial charge in [-0.1, -0.05) is 0 Å². The van der Waals surface area contributed by atoms with Crippen molar-refractivity contribution in [2.24, 2.45) is 23.2 Å². The van der Waals surface area contributed by atoms with Crippen LogP contribution in [0.15, 0.2) is 0 Å². The number of amides is 1. The Labute approximate surface area is 115 Å². The van der Waals surface area contributed by atoms with Gasteiger partial charge in [0.25, 0.3) is 0 Å². The Morgan fingerprint density at radius 2 is 1.74 bits per heavy atom. The van der Waals surface area contributed by atoms with Crippen LogP contribution in [0.4, 0.5) is 0 Å². The average Bonchev–Trinajstić information content (AvgIpc) is 2.87. The molecule has 4 aliphatic carbocycles. The van der Waals surface area contributed by atoms with Gasteiger partial charge in [0, 0.05) is 18.6 Å². The van der Waals surface area contributed by atoms with Gasteiger partial charge < -0.3 is 10.1 Å². The quantitative estimate of drug-likeness (QED) is 0.849. The maximum absolute atomic E-state index is 12.7. The van der Waals surface area contributed by atoms with Crippen LogP contribution < -0.4 is 5.32 Å². The van der Waals surface area contributed by atoms with Crippen LogP contribution in [0.3, 0.4) is 0 Å². The molecule has 5 rings (SSSR count). The van der Waals surface area contributed by atoms with Gasteiger partial charge >= 0.3 is 0 Å². The summed E-state index contributed by atoms with van der Waals surface area (Å²) < 4.78 is 5.61. The minimum atomic E-state index is 0.00730. The van der Waals surface area contributed by atoms with Crippen LogP contribution in [0, 0.1) is 23.2 Å². The van der Waals surface area contributed by atoms with E-state index in [9.17, 15) is 4.79 Å². The lowest BCUT2D eigenvalue weighted by atomic mass is 9.49. The van der Waals surface area contributed by atoms with E-state index < -0.39 is 0 Å². The molecule has 4 saturated carbocycles. The first kappa shape index (κ1) is 12.2. The van der Waals surface area contributed by atoms with Crippen LogP contribution in [0.1, 0.15) is 51.4 Å². The molecule has 5 fully saturated rings. The highest BCUT2D eigenvalue weighted by Gasteiger charge is 2.54. The number of hydrogen-bond acceptors (Lipinski definition) is 2. The van der Waals surface area contributed by atoms with E-state index in [-0.39, 0.29) is 11.5 Å². The molecule has 19 heavy (non-hydrogen) atoms. The zero-order chi connectivity index (χ0) is 12.9. The molecule has 1 amide bonds. The van der Waals surface area contributed by atoms with E-state index in [0.29, 0.717) is 5.91 Å². The molecule has 3 nitrogen and oxygen atoms in total. The molecule has 5 aliphatic rings. The number of hydrogen-bond donors (Lipinski definition) is 1. The summed E-state index contributed by atoms with van der Waals surface area (Å²) in [6, 6.07) is 0. The summed E-state index contributed by atoms with van der Waals surface area (Å²) >= 11 is 0. The van der Waals surface area contributed by atoms with E-state index in [1.807, 2.05) is 0 Å². The molecule has 1 heterocycles. The lowest BCUT2D eigenvalue weighted by molar-refractivity contribution is -0.146. The van der Waals surface area contributed by atoms with Gasteiger partial charge in [0.1, 0.15) is 0 Å². The number of carbonyl (C=O) groups is 1. The van der Waals surface area contributed by atoms with E-state index in [2.05, 4.69) is 5.32 Å². The first-order chi connectivity index (χ1) is 9.23. The first-order valence-electron chi connectivity index (χ1n) is 8.13. The maximum atomic E-state index is 12.7. The zero-order valence-corrected chi connectivity index (χ0v) is 11.7. The standard InChI is InChI=1S/C16H25NO2/c18-15(17-10-14-2-1-3-19-14)16-7-11-4-12(8-16)6-13(5-11)9-16/h11-14H,1-10H2,(H,17,18)/t11?,12?,13?,14-,16?/m1/s1. The lowest BCUT2D eigenvalue weighted by Crippen LogP contribution is -2.54. The van der Waals surface area contributed by atoms with Crippen LogP contribution in [0.5, 0.6) is 0 Å². The van der Waals surface area contributed by atoms with Gasteiger partial charge in [-0.3, -0.25) is 4.79 Å². The third-order valence-electron chi connectivity index (χ3n) is 6.03. The van der Waals surface area contributed by atoms with Crippen LogP contribution in [-0.4, -0.2) is 25.2 Å². The van der Waals surface area contributed by atoms with Crippen LogP contribution in [-0.2, 0) is 9.53 Å². The summed E-state index contributed by atoms with van der Waals surface area (Å²) in [6.45, 7) is 1.61. The molecule has 106 valence electrons. The molecule has 1 aliphatic heterocycles. The van der Waals surface area contributed by atoms with E-state index in [0.717, 1.165) is 63.0 Å². The molecule has 1 N–H and O–H groups in total. The Hall–Kier alpha value is -0.570. The molecular weight excluding hydrogens is 238 g/mol. The molecule has 3 heteroatoms. The second kappa shape index (κ2) is 4.47. The molecular formula is C16H25NO2. The SMILES string of the molecule is O=C(NC[C@H]1CCCO1)C12CC3CC(CC(C3)C1)C2. The molecule has 1 saturated heterocycles.